The van der Waals surface area contributed by atoms with E-state index < -0.39 is 17.7 Å². The molecular formula is C15H22F2N2O. The number of rotatable bonds is 5. The molecule has 0 saturated carbocycles. The first kappa shape index (κ1) is 15.4. The van der Waals surface area contributed by atoms with Gasteiger partial charge in [-0.2, -0.15) is 0 Å². The Labute approximate surface area is 118 Å². The van der Waals surface area contributed by atoms with Crippen LogP contribution < -0.4 is 5.73 Å². The van der Waals surface area contributed by atoms with E-state index in [9.17, 15) is 13.9 Å². The van der Waals surface area contributed by atoms with E-state index in [0.29, 0.717) is 12.3 Å². The Morgan fingerprint density at radius 3 is 2.85 bits per heavy atom. The number of nitrogens with two attached hydrogens (primary N) is 1. The molecule has 3 N–H and O–H groups in total. The maximum atomic E-state index is 13.6. The van der Waals surface area contributed by atoms with Crippen LogP contribution in [0.1, 0.15) is 31.4 Å². The fourth-order valence-electron chi connectivity index (χ4n) is 2.74. The number of aliphatic hydroxyl groups is 1. The molecule has 20 heavy (non-hydrogen) atoms. The molecule has 3 atom stereocenters. The van der Waals surface area contributed by atoms with Crippen LogP contribution in [0.25, 0.3) is 0 Å². The van der Waals surface area contributed by atoms with Crippen LogP contribution in [0.2, 0.25) is 0 Å². The average Bonchev–Trinajstić information content (AvgIpc) is 2.88. The van der Waals surface area contributed by atoms with E-state index in [2.05, 4.69) is 4.90 Å². The first-order chi connectivity index (χ1) is 9.49. The van der Waals surface area contributed by atoms with Crippen molar-refractivity contribution in [1.82, 2.24) is 4.90 Å². The summed E-state index contributed by atoms with van der Waals surface area (Å²) in [6.07, 6.45) is 1.25. The number of aliphatic hydroxyl groups excluding tert-OH is 1. The van der Waals surface area contributed by atoms with Crippen molar-refractivity contribution in [1.29, 1.82) is 0 Å². The molecule has 112 valence electrons. The van der Waals surface area contributed by atoms with Crippen molar-refractivity contribution in [3.05, 3.63) is 35.4 Å². The maximum Gasteiger partial charge on any atom is 0.163 e. The minimum Gasteiger partial charge on any atom is -0.393 e. The normalized spacial score (nSPS) is 22.9. The predicted octanol–water partition coefficient (Wildman–Crippen LogP) is 2.06. The van der Waals surface area contributed by atoms with E-state index in [1.165, 1.54) is 12.1 Å². The number of nitrogens with zero attached hydrogens (tertiary/aromatic N) is 1. The van der Waals surface area contributed by atoms with E-state index >= 15 is 0 Å². The van der Waals surface area contributed by atoms with Crippen molar-refractivity contribution in [2.75, 3.05) is 19.6 Å². The van der Waals surface area contributed by atoms with Crippen molar-refractivity contribution in [2.24, 2.45) is 11.7 Å². The van der Waals surface area contributed by atoms with Crippen molar-refractivity contribution in [3.63, 3.8) is 0 Å². The maximum absolute atomic E-state index is 13.6. The molecule has 1 fully saturated rings. The van der Waals surface area contributed by atoms with Crippen molar-refractivity contribution < 1.29 is 13.9 Å². The van der Waals surface area contributed by atoms with Gasteiger partial charge in [0.05, 0.1) is 6.10 Å². The molecule has 3 unspecified atom stereocenters. The summed E-state index contributed by atoms with van der Waals surface area (Å²) in [5.41, 5.74) is 6.19. The lowest BCUT2D eigenvalue weighted by Crippen LogP contribution is -2.27. The number of halogens is 2. The topological polar surface area (TPSA) is 49.5 Å². The lowest BCUT2D eigenvalue weighted by atomic mass is 10.0. The van der Waals surface area contributed by atoms with Gasteiger partial charge < -0.3 is 15.7 Å². The molecule has 1 aromatic rings. The molecule has 0 bridgehead atoms. The molecule has 0 aliphatic carbocycles. The number of benzene rings is 1. The lowest BCUT2D eigenvalue weighted by Gasteiger charge is -2.20. The molecule has 1 aliphatic rings. The Kier molecular flexibility index (Phi) is 5.07. The Bertz CT molecular complexity index is 453. The first-order valence-electron chi connectivity index (χ1n) is 7.09. The quantitative estimate of drug-likeness (QED) is 0.870. The highest BCUT2D eigenvalue weighted by atomic mass is 19.2. The highest BCUT2D eigenvalue weighted by molar-refractivity contribution is 5.22. The summed E-state index contributed by atoms with van der Waals surface area (Å²) in [5, 5.41) is 9.55. The van der Waals surface area contributed by atoms with E-state index in [0.717, 1.165) is 32.1 Å². The first-order valence-corrected chi connectivity index (χ1v) is 7.09. The summed E-state index contributed by atoms with van der Waals surface area (Å²) in [6, 6.07) is 3.61. The molecule has 0 aromatic heterocycles. The molecule has 0 radical (unpaired) electrons. The summed E-state index contributed by atoms with van der Waals surface area (Å²) >= 11 is 0. The molecule has 1 saturated heterocycles. The highest BCUT2D eigenvalue weighted by Crippen LogP contribution is 2.23. The third kappa shape index (κ3) is 3.53. The van der Waals surface area contributed by atoms with Gasteiger partial charge in [-0.25, -0.2) is 8.78 Å². The smallest absolute Gasteiger partial charge is 0.163 e. The van der Waals surface area contributed by atoms with Crippen LogP contribution in [0, 0.1) is 17.6 Å². The van der Waals surface area contributed by atoms with Crippen LogP contribution in [0.4, 0.5) is 8.78 Å². The van der Waals surface area contributed by atoms with Gasteiger partial charge in [-0.05, 0) is 44.8 Å². The van der Waals surface area contributed by atoms with Gasteiger partial charge in [0.2, 0.25) is 0 Å². The molecule has 1 heterocycles. The Balaban J connectivity index is 1.87. The van der Waals surface area contributed by atoms with Crippen LogP contribution in [0.15, 0.2) is 18.2 Å². The van der Waals surface area contributed by atoms with Gasteiger partial charge >= 0.3 is 0 Å². The van der Waals surface area contributed by atoms with Crippen LogP contribution in [-0.4, -0.2) is 35.7 Å². The fourth-order valence-corrected chi connectivity index (χ4v) is 2.74. The Hall–Kier alpha value is -1.04. The molecule has 1 aromatic carbocycles. The van der Waals surface area contributed by atoms with Crippen molar-refractivity contribution in [3.8, 4) is 0 Å². The van der Waals surface area contributed by atoms with Gasteiger partial charge in [-0.3, -0.25) is 0 Å². The molecular weight excluding hydrogens is 262 g/mol. The van der Waals surface area contributed by atoms with E-state index in [1.807, 2.05) is 6.92 Å². The van der Waals surface area contributed by atoms with E-state index in [-0.39, 0.29) is 11.7 Å². The molecule has 5 heteroatoms. The summed E-state index contributed by atoms with van der Waals surface area (Å²) < 4.78 is 26.8. The zero-order valence-electron chi connectivity index (χ0n) is 11.7. The molecule has 1 aliphatic heterocycles. The third-order valence-electron chi connectivity index (χ3n) is 4.13. The number of hydrogen-bond donors (Lipinski definition) is 2. The Morgan fingerprint density at radius 2 is 2.20 bits per heavy atom. The summed E-state index contributed by atoms with van der Waals surface area (Å²) in [5.74, 6) is -1.39. The van der Waals surface area contributed by atoms with Crippen LogP contribution in [0.5, 0.6) is 0 Å². The highest BCUT2D eigenvalue weighted by Gasteiger charge is 2.26. The van der Waals surface area contributed by atoms with Gasteiger partial charge in [0.1, 0.15) is 0 Å². The van der Waals surface area contributed by atoms with E-state index in [4.69, 9.17) is 5.73 Å². The van der Waals surface area contributed by atoms with Crippen molar-refractivity contribution >= 4 is 0 Å². The van der Waals surface area contributed by atoms with Gasteiger partial charge in [0, 0.05) is 18.2 Å². The second-order valence-corrected chi connectivity index (χ2v) is 5.63. The largest absolute Gasteiger partial charge is 0.393 e. The van der Waals surface area contributed by atoms with Crippen molar-refractivity contribution in [2.45, 2.75) is 31.9 Å². The zero-order chi connectivity index (χ0) is 14.7. The van der Waals surface area contributed by atoms with Gasteiger partial charge in [0.25, 0.3) is 0 Å². The fraction of sp³-hybridized carbons (Fsp3) is 0.600. The average molecular weight is 284 g/mol. The molecule has 3 nitrogen and oxygen atoms in total. The molecule has 0 spiro atoms. The van der Waals surface area contributed by atoms with Gasteiger partial charge in [-0.15, -0.1) is 0 Å². The van der Waals surface area contributed by atoms with Crippen LogP contribution >= 0.6 is 0 Å². The molecule has 0 amide bonds. The van der Waals surface area contributed by atoms with E-state index in [1.54, 1.807) is 0 Å². The van der Waals surface area contributed by atoms with Gasteiger partial charge in [-0.1, -0.05) is 12.1 Å². The second kappa shape index (κ2) is 6.61. The summed E-state index contributed by atoms with van der Waals surface area (Å²) in [6.45, 7) is 4.31. The predicted molar refractivity (Wildman–Crippen MR) is 74.1 cm³/mol. The second-order valence-electron chi connectivity index (χ2n) is 5.63. The monoisotopic (exact) mass is 284 g/mol. The van der Waals surface area contributed by atoms with Crippen LogP contribution in [0.3, 0.4) is 0 Å². The SMILES string of the molecule is CC(O)C1CCN(CCC(N)c2cccc(F)c2F)C1. The lowest BCUT2D eigenvalue weighted by molar-refractivity contribution is 0.127. The number of likely N-dealkylation sites (tertiary alicyclic amines) is 1. The van der Waals surface area contributed by atoms with Crippen LogP contribution in [-0.2, 0) is 0 Å². The minimum atomic E-state index is -0.853. The Morgan fingerprint density at radius 1 is 1.45 bits per heavy atom. The standard InChI is InChI=1S/C15H22F2N2O/c1-10(20)11-5-7-19(9-11)8-6-14(18)12-3-2-4-13(16)15(12)17/h2-4,10-11,14,20H,5-9,18H2,1H3. The number of hydrogen-bond acceptors (Lipinski definition) is 3. The summed E-state index contributed by atoms with van der Waals surface area (Å²) in [7, 11) is 0. The third-order valence-corrected chi connectivity index (χ3v) is 4.13. The molecule has 2 rings (SSSR count). The summed E-state index contributed by atoms with van der Waals surface area (Å²) in [4.78, 5) is 2.22. The zero-order valence-corrected chi connectivity index (χ0v) is 11.7. The van der Waals surface area contributed by atoms with Gasteiger partial charge in [0.15, 0.2) is 11.6 Å². The minimum absolute atomic E-state index is 0.233.